The molecular weight excluding hydrogens is 326 g/mol. The highest BCUT2D eigenvalue weighted by Crippen LogP contribution is 2.31. The number of nitrogens with zero attached hydrogens (tertiary/aromatic N) is 2. The smallest absolute Gasteiger partial charge is 0.133 e. The van der Waals surface area contributed by atoms with Gasteiger partial charge in [-0.05, 0) is 37.8 Å². The summed E-state index contributed by atoms with van der Waals surface area (Å²) in [6, 6.07) is 4.23. The second-order valence-electron chi connectivity index (χ2n) is 7.88. The molecule has 2 aromatic rings. The molecule has 0 unspecified atom stereocenters. The Morgan fingerprint density at radius 3 is 3.08 bits per heavy atom. The summed E-state index contributed by atoms with van der Waals surface area (Å²) in [7, 11) is 0. The summed E-state index contributed by atoms with van der Waals surface area (Å²) in [5.74, 6) is 2.57. The quantitative estimate of drug-likeness (QED) is 0.814. The molecule has 1 saturated heterocycles. The molecule has 4 rings (SSSR count). The van der Waals surface area contributed by atoms with Gasteiger partial charge in [-0.3, -0.25) is 10.00 Å². The molecule has 0 saturated carbocycles. The van der Waals surface area contributed by atoms with Crippen LogP contribution < -0.4 is 0 Å². The molecule has 142 valence electrons. The van der Waals surface area contributed by atoms with Crippen LogP contribution in [0.15, 0.2) is 16.5 Å². The van der Waals surface area contributed by atoms with E-state index in [1.165, 1.54) is 42.6 Å². The lowest BCUT2D eigenvalue weighted by atomic mass is 9.95. The van der Waals surface area contributed by atoms with Gasteiger partial charge in [-0.1, -0.05) is 20.3 Å². The van der Waals surface area contributed by atoms with Crippen LogP contribution in [-0.4, -0.2) is 28.2 Å². The Bertz CT molecular complexity index is 715. The zero-order valence-corrected chi connectivity index (χ0v) is 16.1. The van der Waals surface area contributed by atoms with Crippen molar-refractivity contribution < 1.29 is 9.15 Å². The molecule has 2 aliphatic heterocycles. The maximum absolute atomic E-state index is 6.12. The van der Waals surface area contributed by atoms with E-state index < -0.39 is 0 Å². The molecule has 0 amide bonds. The van der Waals surface area contributed by atoms with Crippen LogP contribution in [0.2, 0.25) is 0 Å². The SMILES string of the molecule is CCC[C@H](C)c1n[nH]c2c1CN(Cc1ccc([C@H]3CCCCO3)o1)CC2. The van der Waals surface area contributed by atoms with Gasteiger partial charge < -0.3 is 9.15 Å². The van der Waals surface area contributed by atoms with Crippen molar-refractivity contribution in [3.8, 4) is 0 Å². The average Bonchev–Trinajstić information content (AvgIpc) is 3.29. The lowest BCUT2D eigenvalue weighted by Crippen LogP contribution is -2.30. The lowest BCUT2D eigenvalue weighted by molar-refractivity contribution is 0.000798. The third kappa shape index (κ3) is 3.74. The molecule has 0 spiro atoms. The number of hydrogen-bond donors (Lipinski definition) is 1. The van der Waals surface area contributed by atoms with Gasteiger partial charge in [0.05, 0.1) is 12.2 Å². The van der Waals surface area contributed by atoms with Gasteiger partial charge in [-0.25, -0.2) is 0 Å². The number of rotatable bonds is 6. The number of aromatic amines is 1. The lowest BCUT2D eigenvalue weighted by Gasteiger charge is -2.27. The van der Waals surface area contributed by atoms with E-state index in [4.69, 9.17) is 9.15 Å². The Hall–Kier alpha value is -1.59. The fourth-order valence-corrected chi connectivity index (χ4v) is 4.32. The van der Waals surface area contributed by atoms with E-state index in [1.807, 2.05) is 0 Å². The van der Waals surface area contributed by atoms with Gasteiger partial charge in [-0.2, -0.15) is 5.10 Å². The average molecular weight is 357 g/mol. The first-order chi connectivity index (χ1) is 12.7. The number of furan rings is 1. The first-order valence-corrected chi connectivity index (χ1v) is 10.2. The van der Waals surface area contributed by atoms with Crippen molar-refractivity contribution >= 4 is 0 Å². The number of ether oxygens (including phenoxy) is 1. The molecule has 2 aliphatic rings. The number of hydrogen-bond acceptors (Lipinski definition) is 4. The Morgan fingerprint density at radius 1 is 1.35 bits per heavy atom. The third-order valence-corrected chi connectivity index (χ3v) is 5.79. The summed E-state index contributed by atoms with van der Waals surface area (Å²) in [5.41, 5.74) is 4.01. The minimum Gasteiger partial charge on any atom is -0.462 e. The van der Waals surface area contributed by atoms with Crippen LogP contribution in [-0.2, 0) is 24.2 Å². The minimum atomic E-state index is 0.154. The van der Waals surface area contributed by atoms with Crippen LogP contribution in [0.1, 0.15) is 86.4 Å². The third-order valence-electron chi connectivity index (χ3n) is 5.79. The van der Waals surface area contributed by atoms with Gasteiger partial charge in [0, 0.05) is 43.3 Å². The highest BCUT2D eigenvalue weighted by molar-refractivity contribution is 5.30. The molecule has 0 bridgehead atoms. The molecule has 2 atom stereocenters. The molecule has 5 nitrogen and oxygen atoms in total. The van der Waals surface area contributed by atoms with Crippen molar-refractivity contribution in [1.82, 2.24) is 15.1 Å². The monoisotopic (exact) mass is 357 g/mol. The molecule has 0 radical (unpaired) electrons. The zero-order chi connectivity index (χ0) is 17.9. The molecule has 0 aromatic carbocycles. The predicted octanol–water partition coefficient (Wildman–Crippen LogP) is 4.71. The maximum Gasteiger partial charge on any atom is 0.133 e. The normalized spacial score (nSPS) is 22.3. The standard InChI is InChI=1S/C21H31N3O2/c1-3-6-15(2)21-17-14-24(11-10-18(17)22-23-21)13-16-8-9-20(26-16)19-7-4-5-12-25-19/h8-9,15,19H,3-7,10-14H2,1-2H3,(H,22,23)/t15-,19+/m0/s1. The summed E-state index contributed by atoms with van der Waals surface area (Å²) in [6.07, 6.45) is 7.07. The number of fused-ring (bicyclic) bond motifs is 1. The number of nitrogens with one attached hydrogen (secondary N) is 1. The Morgan fingerprint density at radius 2 is 2.27 bits per heavy atom. The first kappa shape index (κ1) is 17.8. The molecule has 1 fully saturated rings. The van der Waals surface area contributed by atoms with E-state index in [9.17, 15) is 0 Å². The van der Waals surface area contributed by atoms with Gasteiger partial charge in [0.25, 0.3) is 0 Å². The van der Waals surface area contributed by atoms with E-state index in [-0.39, 0.29) is 6.10 Å². The summed E-state index contributed by atoms with van der Waals surface area (Å²) in [6.45, 7) is 8.26. The summed E-state index contributed by atoms with van der Waals surface area (Å²) >= 11 is 0. The second kappa shape index (κ2) is 7.97. The van der Waals surface area contributed by atoms with Gasteiger partial charge in [0.15, 0.2) is 0 Å². The van der Waals surface area contributed by atoms with Crippen LogP contribution in [0.3, 0.4) is 0 Å². The van der Waals surface area contributed by atoms with Crippen molar-refractivity contribution in [1.29, 1.82) is 0 Å². The summed E-state index contributed by atoms with van der Waals surface area (Å²) in [5, 5.41) is 7.91. The van der Waals surface area contributed by atoms with E-state index >= 15 is 0 Å². The van der Waals surface area contributed by atoms with Crippen molar-refractivity contribution in [2.75, 3.05) is 13.2 Å². The van der Waals surface area contributed by atoms with E-state index in [0.29, 0.717) is 5.92 Å². The number of aromatic nitrogens is 2. The van der Waals surface area contributed by atoms with Gasteiger partial charge in [-0.15, -0.1) is 0 Å². The summed E-state index contributed by atoms with van der Waals surface area (Å²) in [4.78, 5) is 2.48. The molecule has 2 aromatic heterocycles. The maximum atomic E-state index is 6.12. The second-order valence-corrected chi connectivity index (χ2v) is 7.88. The fraction of sp³-hybridized carbons (Fsp3) is 0.667. The van der Waals surface area contributed by atoms with Crippen LogP contribution in [0.25, 0.3) is 0 Å². The van der Waals surface area contributed by atoms with E-state index in [0.717, 1.165) is 50.6 Å². The Kier molecular flexibility index (Phi) is 5.46. The van der Waals surface area contributed by atoms with Crippen LogP contribution in [0.4, 0.5) is 0 Å². The Balaban J connectivity index is 1.41. The first-order valence-electron chi connectivity index (χ1n) is 10.2. The van der Waals surface area contributed by atoms with Crippen molar-refractivity contribution in [2.45, 2.75) is 77.5 Å². The predicted molar refractivity (Wildman–Crippen MR) is 101 cm³/mol. The molecule has 1 N–H and O–H groups in total. The molecule has 4 heterocycles. The topological polar surface area (TPSA) is 54.3 Å². The molecule has 5 heteroatoms. The molecule has 0 aliphatic carbocycles. The van der Waals surface area contributed by atoms with Crippen molar-refractivity contribution in [3.63, 3.8) is 0 Å². The summed E-state index contributed by atoms with van der Waals surface area (Å²) < 4.78 is 12.0. The number of H-pyrrole nitrogens is 1. The van der Waals surface area contributed by atoms with Crippen LogP contribution >= 0.6 is 0 Å². The zero-order valence-electron chi connectivity index (χ0n) is 16.1. The van der Waals surface area contributed by atoms with E-state index in [2.05, 4.69) is 41.1 Å². The molecule has 26 heavy (non-hydrogen) atoms. The van der Waals surface area contributed by atoms with Crippen LogP contribution in [0.5, 0.6) is 0 Å². The molecular formula is C21H31N3O2. The van der Waals surface area contributed by atoms with Gasteiger partial charge in [0.1, 0.15) is 17.6 Å². The Labute approximate surface area is 156 Å². The van der Waals surface area contributed by atoms with Crippen molar-refractivity contribution in [2.24, 2.45) is 0 Å². The fourth-order valence-electron chi connectivity index (χ4n) is 4.32. The van der Waals surface area contributed by atoms with Gasteiger partial charge >= 0.3 is 0 Å². The van der Waals surface area contributed by atoms with Crippen molar-refractivity contribution in [3.05, 3.63) is 40.6 Å². The van der Waals surface area contributed by atoms with E-state index in [1.54, 1.807) is 0 Å². The minimum absolute atomic E-state index is 0.154. The highest BCUT2D eigenvalue weighted by atomic mass is 16.5. The van der Waals surface area contributed by atoms with Gasteiger partial charge in [0.2, 0.25) is 0 Å². The van der Waals surface area contributed by atoms with Crippen LogP contribution in [0, 0.1) is 0 Å². The largest absolute Gasteiger partial charge is 0.462 e. The highest BCUT2D eigenvalue weighted by Gasteiger charge is 2.25.